The van der Waals surface area contributed by atoms with E-state index in [1.165, 1.54) is 25.7 Å². The van der Waals surface area contributed by atoms with Crippen LogP contribution in [0.15, 0.2) is 28.4 Å². The van der Waals surface area contributed by atoms with Gasteiger partial charge in [0.25, 0.3) is 0 Å². The van der Waals surface area contributed by atoms with Crippen molar-refractivity contribution in [3.63, 3.8) is 0 Å². The molecule has 0 amide bonds. The third-order valence-corrected chi connectivity index (χ3v) is 4.21. The van der Waals surface area contributed by atoms with Crippen LogP contribution in [0.5, 0.6) is 0 Å². The van der Waals surface area contributed by atoms with Crippen molar-refractivity contribution in [1.82, 2.24) is 0 Å². The van der Waals surface area contributed by atoms with E-state index >= 15 is 0 Å². The second kappa shape index (κ2) is 4.52. The maximum absolute atomic E-state index is 12.4. The second-order valence-corrected chi connectivity index (χ2v) is 5.24. The van der Waals surface area contributed by atoms with E-state index < -0.39 is 0 Å². The van der Waals surface area contributed by atoms with E-state index in [2.05, 4.69) is 0 Å². The highest BCUT2D eigenvalue weighted by molar-refractivity contribution is 6.01. The summed E-state index contributed by atoms with van der Waals surface area (Å²) in [4.78, 5) is 12.4. The molecule has 0 radical (unpaired) electrons. The maximum Gasteiger partial charge on any atom is 0.162 e. The van der Waals surface area contributed by atoms with Crippen molar-refractivity contribution in [2.45, 2.75) is 38.5 Å². The van der Waals surface area contributed by atoms with Crippen LogP contribution < -0.4 is 0 Å². The highest BCUT2D eigenvalue weighted by Crippen LogP contribution is 2.40. The molecular formula is C15H18O2. The number of allylic oxidation sites excluding steroid dienone is 1. The highest BCUT2D eigenvalue weighted by Gasteiger charge is 2.36. The molecule has 0 N–H and O–H groups in total. The van der Waals surface area contributed by atoms with E-state index in [1.807, 2.05) is 18.2 Å². The molecule has 17 heavy (non-hydrogen) atoms. The minimum absolute atomic E-state index is 0.304. The van der Waals surface area contributed by atoms with Gasteiger partial charge in [0.05, 0.1) is 6.26 Å². The van der Waals surface area contributed by atoms with Gasteiger partial charge in [0.2, 0.25) is 0 Å². The molecule has 0 aliphatic heterocycles. The molecule has 1 unspecified atom stereocenters. The van der Waals surface area contributed by atoms with Gasteiger partial charge in [-0.15, -0.1) is 0 Å². The zero-order valence-electron chi connectivity index (χ0n) is 10.0. The van der Waals surface area contributed by atoms with Crippen molar-refractivity contribution in [2.75, 3.05) is 0 Å². The molecule has 0 spiro atoms. The number of carbonyl (C=O) groups is 1. The smallest absolute Gasteiger partial charge is 0.162 e. The van der Waals surface area contributed by atoms with Gasteiger partial charge in [-0.25, -0.2) is 0 Å². The third-order valence-electron chi connectivity index (χ3n) is 4.21. The number of Topliss-reactive ketones (excluding diaryl/α,β-unsaturated/α-hetero) is 1. The number of carbonyl (C=O) groups excluding carboxylic acids is 1. The van der Waals surface area contributed by atoms with Crippen molar-refractivity contribution < 1.29 is 9.21 Å². The van der Waals surface area contributed by atoms with Crippen LogP contribution in [-0.4, -0.2) is 5.78 Å². The molecule has 1 aromatic heterocycles. The zero-order valence-corrected chi connectivity index (χ0v) is 10.0. The van der Waals surface area contributed by atoms with Gasteiger partial charge in [-0.3, -0.25) is 4.79 Å². The van der Waals surface area contributed by atoms with Crippen LogP contribution in [0.1, 0.15) is 44.3 Å². The summed E-state index contributed by atoms with van der Waals surface area (Å²) in [6, 6.07) is 3.77. The fourth-order valence-electron chi connectivity index (χ4n) is 3.29. The molecule has 3 rings (SSSR count). The average molecular weight is 230 g/mol. The molecule has 0 saturated heterocycles. The number of hydrogen-bond donors (Lipinski definition) is 0. The molecule has 2 aliphatic carbocycles. The van der Waals surface area contributed by atoms with Crippen molar-refractivity contribution in [1.29, 1.82) is 0 Å². The normalized spacial score (nSPS) is 31.5. The Kier molecular flexibility index (Phi) is 2.87. The summed E-state index contributed by atoms with van der Waals surface area (Å²) in [5.74, 6) is 2.16. The quantitative estimate of drug-likeness (QED) is 0.686. The first-order valence-corrected chi connectivity index (χ1v) is 6.63. The molecule has 2 saturated carbocycles. The molecule has 2 heteroatoms. The Balaban J connectivity index is 1.82. The lowest BCUT2D eigenvalue weighted by Gasteiger charge is -2.35. The minimum Gasteiger partial charge on any atom is -0.465 e. The van der Waals surface area contributed by atoms with Crippen LogP contribution in [0.25, 0.3) is 6.08 Å². The van der Waals surface area contributed by atoms with E-state index in [1.54, 1.807) is 6.26 Å². The second-order valence-electron chi connectivity index (χ2n) is 5.24. The van der Waals surface area contributed by atoms with Gasteiger partial charge in [-0.2, -0.15) is 0 Å². The molecule has 2 atom stereocenters. The first-order valence-electron chi connectivity index (χ1n) is 6.63. The van der Waals surface area contributed by atoms with Crippen LogP contribution in [0.4, 0.5) is 0 Å². The molecule has 1 aromatic rings. The lowest BCUT2D eigenvalue weighted by Crippen LogP contribution is -2.32. The average Bonchev–Trinajstić information content (AvgIpc) is 2.86. The molecule has 1 heterocycles. The first-order chi connectivity index (χ1) is 8.34. The predicted octanol–water partition coefficient (Wildman–Crippen LogP) is 3.83. The standard InChI is InChI=1S/C15H18O2/c16-15-12(10-13-5-3-9-17-13)8-7-11-4-1-2-6-14(11)15/h3,5,9-11,14H,1-2,4,6-8H2/b12-10-/t11?,14-/m0/s1. The molecule has 0 bridgehead atoms. The van der Waals surface area contributed by atoms with Crippen molar-refractivity contribution in [2.24, 2.45) is 11.8 Å². The van der Waals surface area contributed by atoms with Gasteiger partial charge in [-0.1, -0.05) is 12.8 Å². The summed E-state index contributed by atoms with van der Waals surface area (Å²) in [6.45, 7) is 0. The first kappa shape index (κ1) is 10.8. The summed E-state index contributed by atoms with van der Waals surface area (Å²) < 4.78 is 5.29. The summed E-state index contributed by atoms with van der Waals surface area (Å²) in [5.41, 5.74) is 0.975. The lowest BCUT2D eigenvalue weighted by molar-refractivity contribution is -0.123. The Morgan fingerprint density at radius 3 is 2.94 bits per heavy atom. The number of hydrogen-bond acceptors (Lipinski definition) is 2. The summed E-state index contributed by atoms with van der Waals surface area (Å²) in [6.07, 6.45) is 10.6. The fraction of sp³-hybridized carbons (Fsp3) is 0.533. The van der Waals surface area contributed by atoms with E-state index in [4.69, 9.17) is 4.42 Å². The predicted molar refractivity (Wildman–Crippen MR) is 66.4 cm³/mol. The Hall–Kier alpha value is -1.31. The van der Waals surface area contributed by atoms with Crippen molar-refractivity contribution in [3.05, 3.63) is 29.7 Å². The van der Waals surface area contributed by atoms with Crippen LogP contribution in [0.2, 0.25) is 0 Å². The van der Waals surface area contributed by atoms with Crippen LogP contribution >= 0.6 is 0 Å². The maximum atomic E-state index is 12.4. The monoisotopic (exact) mass is 230 g/mol. The van der Waals surface area contributed by atoms with Gasteiger partial charge in [0.1, 0.15) is 5.76 Å². The summed E-state index contributed by atoms with van der Waals surface area (Å²) in [7, 11) is 0. The van der Waals surface area contributed by atoms with Gasteiger partial charge >= 0.3 is 0 Å². The van der Waals surface area contributed by atoms with Crippen molar-refractivity contribution in [3.8, 4) is 0 Å². The van der Waals surface area contributed by atoms with E-state index in [-0.39, 0.29) is 0 Å². The molecule has 0 aromatic carbocycles. The number of ketones is 1. The van der Waals surface area contributed by atoms with E-state index in [9.17, 15) is 4.79 Å². The SMILES string of the molecule is O=C1/C(=C\c2ccco2)CCC2CCCC[C@H]12. The molecule has 2 nitrogen and oxygen atoms in total. The van der Waals surface area contributed by atoms with Gasteiger partial charge in [-0.05, 0) is 55.4 Å². The Morgan fingerprint density at radius 1 is 1.24 bits per heavy atom. The third kappa shape index (κ3) is 2.08. The van der Waals surface area contributed by atoms with Gasteiger partial charge in [0, 0.05) is 5.92 Å². The van der Waals surface area contributed by atoms with Gasteiger partial charge < -0.3 is 4.42 Å². The minimum atomic E-state index is 0.304. The molecule has 2 fully saturated rings. The number of furan rings is 1. The van der Waals surface area contributed by atoms with Crippen LogP contribution in [0, 0.1) is 11.8 Å². The number of fused-ring (bicyclic) bond motifs is 1. The van der Waals surface area contributed by atoms with E-state index in [0.717, 1.165) is 24.2 Å². The Morgan fingerprint density at radius 2 is 2.12 bits per heavy atom. The Labute approximate surface area is 102 Å². The van der Waals surface area contributed by atoms with Crippen LogP contribution in [0.3, 0.4) is 0 Å². The van der Waals surface area contributed by atoms with Crippen molar-refractivity contribution >= 4 is 11.9 Å². The highest BCUT2D eigenvalue weighted by atomic mass is 16.3. The summed E-state index contributed by atoms with van der Waals surface area (Å²) in [5, 5.41) is 0. The molecule has 2 aliphatic rings. The molecule has 90 valence electrons. The lowest BCUT2D eigenvalue weighted by atomic mass is 9.68. The molecular weight excluding hydrogens is 212 g/mol. The van der Waals surface area contributed by atoms with Gasteiger partial charge in [0.15, 0.2) is 5.78 Å². The Bertz CT molecular complexity index is 428. The number of rotatable bonds is 1. The van der Waals surface area contributed by atoms with Crippen LogP contribution in [-0.2, 0) is 4.79 Å². The zero-order chi connectivity index (χ0) is 11.7. The fourth-order valence-corrected chi connectivity index (χ4v) is 3.29. The van der Waals surface area contributed by atoms with E-state index in [0.29, 0.717) is 17.6 Å². The topological polar surface area (TPSA) is 30.2 Å². The largest absolute Gasteiger partial charge is 0.465 e. The summed E-state index contributed by atoms with van der Waals surface area (Å²) >= 11 is 0.